The number of nitrogens with one attached hydrogen (secondary N) is 1. The highest BCUT2D eigenvalue weighted by Gasteiger charge is 2.19. The fourth-order valence-electron chi connectivity index (χ4n) is 3.58. The number of halogens is 1. The van der Waals surface area contributed by atoms with Crippen LogP contribution in [0.15, 0.2) is 56.6 Å². The topological polar surface area (TPSA) is 63.8 Å². The molecule has 4 rings (SSSR count). The van der Waals surface area contributed by atoms with Gasteiger partial charge >= 0.3 is 0 Å². The summed E-state index contributed by atoms with van der Waals surface area (Å²) in [5.41, 5.74) is 5.38. The highest BCUT2D eigenvalue weighted by Crippen LogP contribution is 2.40. The number of ether oxygens (including phenoxy) is 1. The zero-order valence-corrected chi connectivity index (χ0v) is 19.3. The summed E-state index contributed by atoms with van der Waals surface area (Å²) in [7, 11) is 1.63. The number of aliphatic imine (C=N–C) groups is 1. The molecule has 7 heteroatoms. The van der Waals surface area contributed by atoms with Crippen molar-refractivity contribution in [2.75, 3.05) is 19.4 Å². The third kappa shape index (κ3) is 4.04. The fraction of sp³-hybridized carbons (Fsp3) is 0.217. The molecule has 30 heavy (non-hydrogen) atoms. The lowest BCUT2D eigenvalue weighted by molar-refractivity contribution is -0.115. The van der Waals surface area contributed by atoms with Crippen LogP contribution in [0.1, 0.15) is 18.1 Å². The summed E-state index contributed by atoms with van der Waals surface area (Å²) in [5.74, 6) is 1.41. The fourth-order valence-corrected chi connectivity index (χ4v) is 4.71. The van der Waals surface area contributed by atoms with E-state index in [1.807, 2.05) is 38.1 Å². The van der Waals surface area contributed by atoms with Crippen LogP contribution in [0.4, 0.5) is 0 Å². The number of hydrogen-bond acceptors (Lipinski definition) is 5. The van der Waals surface area contributed by atoms with Crippen LogP contribution < -0.4 is 10.1 Å². The van der Waals surface area contributed by atoms with Gasteiger partial charge in [-0.15, -0.1) is 0 Å². The lowest BCUT2D eigenvalue weighted by Gasteiger charge is -2.13. The molecule has 0 saturated heterocycles. The normalized spacial score (nSPS) is 14.1. The van der Waals surface area contributed by atoms with Crippen molar-refractivity contribution >= 4 is 55.3 Å². The second kappa shape index (κ2) is 8.70. The largest absolute Gasteiger partial charge is 0.496 e. The Morgan fingerprint density at radius 1 is 1.37 bits per heavy atom. The maximum atomic E-state index is 12.5. The van der Waals surface area contributed by atoms with Crippen LogP contribution in [0, 0.1) is 6.92 Å². The first kappa shape index (κ1) is 20.8. The van der Waals surface area contributed by atoms with Crippen molar-refractivity contribution in [2.45, 2.75) is 13.8 Å². The summed E-state index contributed by atoms with van der Waals surface area (Å²) in [6.45, 7) is 4.62. The average molecular weight is 485 g/mol. The minimum absolute atomic E-state index is 0.195. The van der Waals surface area contributed by atoms with E-state index in [9.17, 15) is 4.79 Å². The number of amidine groups is 1. The molecule has 1 amide bonds. The number of rotatable bonds is 4. The van der Waals surface area contributed by atoms with Crippen LogP contribution in [0.25, 0.3) is 27.7 Å². The number of aryl methyl sites for hydroxylation is 1. The van der Waals surface area contributed by atoms with Gasteiger partial charge in [0.15, 0.2) is 5.17 Å². The van der Waals surface area contributed by atoms with Crippen molar-refractivity contribution in [3.05, 3.63) is 58.3 Å². The molecule has 1 aliphatic rings. The molecule has 1 aliphatic heterocycles. The molecule has 0 bridgehead atoms. The van der Waals surface area contributed by atoms with Gasteiger partial charge in [-0.05, 0) is 43.2 Å². The second-order valence-electron chi connectivity index (χ2n) is 6.97. The standard InChI is InChI=1S/C23H21BrN2O3S/c1-13(9-20(27)26-23-25-7-8-30-23)17-11-18-19(15-5-4-6-16(24)10-15)12-29-22(18)14(2)21(17)28-3/h4-6,9-12H,7-8H2,1-3H3,(H,25,26,27)/b13-9+. The van der Waals surface area contributed by atoms with Gasteiger partial charge in [-0.25, -0.2) is 0 Å². The summed E-state index contributed by atoms with van der Waals surface area (Å²) in [6, 6.07) is 10.1. The van der Waals surface area contributed by atoms with E-state index in [-0.39, 0.29) is 5.91 Å². The van der Waals surface area contributed by atoms with Crippen molar-refractivity contribution in [3.63, 3.8) is 0 Å². The van der Waals surface area contributed by atoms with Gasteiger partial charge in [-0.1, -0.05) is 39.8 Å². The van der Waals surface area contributed by atoms with E-state index in [0.29, 0.717) is 10.9 Å². The molecular weight excluding hydrogens is 464 g/mol. The highest BCUT2D eigenvalue weighted by molar-refractivity contribution is 9.10. The minimum atomic E-state index is -0.195. The van der Waals surface area contributed by atoms with Crippen molar-refractivity contribution < 1.29 is 13.9 Å². The third-order valence-electron chi connectivity index (χ3n) is 4.97. The molecule has 0 unspecified atom stereocenters. The first-order valence-corrected chi connectivity index (χ1v) is 11.3. The lowest BCUT2D eigenvalue weighted by atomic mass is 9.96. The van der Waals surface area contributed by atoms with Gasteiger partial charge in [0.25, 0.3) is 0 Å². The highest BCUT2D eigenvalue weighted by atomic mass is 79.9. The Morgan fingerprint density at radius 2 is 2.20 bits per heavy atom. The number of carbonyl (C=O) groups is 1. The van der Waals surface area contributed by atoms with Gasteiger partial charge in [-0.2, -0.15) is 0 Å². The van der Waals surface area contributed by atoms with Crippen molar-refractivity contribution in [1.82, 2.24) is 5.32 Å². The summed E-state index contributed by atoms with van der Waals surface area (Å²) in [4.78, 5) is 16.7. The van der Waals surface area contributed by atoms with E-state index in [0.717, 1.165) is 55.6 Å². The molecule has 1 N–H and O–H groups in total. The van der Waals surface area contributed by atoms with Gasteiger partial charge in [0.1, 0.15) is 11.3 Å². The number of allylic oxidation sites excluding steroid dienone is 1. The number of hydrogen-bond donors (Lipinski definition) is 1. The number of carbonyl (C=O) groups excluding carboxylic acids is 1. The Kier molecular flexibility index (Phi) is 6.01. The number of fused-ring (bicyclic) bond motifs is 1. The molecule has 0 aliphatic carbocycles. The van der Waals surface area contributed by atoms with E-state index >= 15 is 0 Å². The maximum absolute atomic E-state index is 12.5. The van der Waals surface area contributed by atoms with Crippen LogP contribution in [0.3, 0.4) is 0 Å². The molecule has 2 aromatic carbocycles. The molecule has 0 spiro atoms. The number of methoxy groups -OCH3 is 1. The summed E-state index contributed by atoms with van der Waals surface area (Å²) < 4.78 is 12.6. The van der Waals surface area contributed by atoms with Gasteiger partial charge in [0.2, 0.25) is 5.91 Å². The molecule has 0 atom stereocenters. The smallest absolute Gasteiger partial charge is 0.250 e. The molecule has 3 aromatic rings. The summed E-state index contributed by atoms with van der Waals surface area (Å²) in [5, 5.41) is 4.49. The molecule has 0 radical (unpaired) electrons. The zero-order valence-electron chi connectivity index (χ0n) is 16.9. The van der Waals surface area contributed by atoms with Crippen molar-refractivity contribution in [1.29, 1.82) is 0 Å². The Bertz CT molecular complexity index is 1200. The first-order valence-electron chi connectivity index (χ1n) is 9.49. The predicted octanol–water partition coefficient (Wildman–Crippen LogP) is 5.80. The van der Waals surface area contributed by atoms with E-state index in [2.05, 4.69) is 32.3 Å². The molecule has 0 saturated carbocycles. The summed E-state index contributed by atoms with van der Waals surface area (Å²) >= 11 is 5.09. The molecule has 2 heterocycles. The van der Waals surface area contributed by atoms with Crippen LogP contribution in [-0.2, 0) is 4.79 Å². The van der Waals surface area contributed by atoms with E-state index in [1.165, 1.54) is 0 Å². The van der Waals surface area contributed by atoms with E-state index in [4.69, 9.17) is 9.15 Å². The molecular formula is C23H21BrN2O3S. The van der Waals surface area contributed by atoms with Crippen LogP contribution in [0.2, 0.25) is 0 Å². The third-order valence-corrected chi connectivity index (χ3v) is 6.36. The Labute approximate surface area is 187 Å². The number of furan rings is 1. The number of benzene rings is 2. The van der Waals surface area contributed by atoms with Crippen LogP contribution in [0.5, 0.6) is 5.75 Å². The lowest BCUT2D eigenvalue weighted by Crippen LogP contribution is -2.25. The molecule has 0 fully saturated rings. The number of thioether (sulfide) groups is 1. The van der Waals surface area contributed by atoms with Gasteiger partial charge < -0.3 is 14.5 Å². The van der Waals surface area contributed by atoms with E-state index < -0.39 is 0 Å². The Morgan fingerprint density at radius 3 is 2.90 bits per heavy atom. The minimum Gasteiger partial charge on any atom is -0.496 e. The number of nitrogens with zero attached hydrogens (tertiary/aromatic N) is 1. The van der Waals surface area contributed by atoms with Gasteiger partial charge in [-0.3, -0.25) is 9.79 Å². The zero-order chi connectivity index (χ0) is 21.3. The molecule has 5 nitrogen and oxygen atoms in total. The van der Waals surface area contributed by atoms with E-state index in [1.54, 1.807) is 31.2 Å². The Hall–Kier alpha value is -2.51. The number of amides is 1. The summed E-state index contributed by atoms with van der Waals surface area (Å²) in [6.07, 6.45) is 3.35. The van der Waals surface area contributed by atoms with Crippen molar-refractivity contribution in [2.24, 2.45) is 4.99 Å². The second-order valence-corrected chi connectivity index (χ2v) is 8.97. The van der Waals surface area contributed by atoms with Crippen LogP contribution >= 0.6 is 27.7 Å². The quantitative estimate of drug-likeness (QED) is 0.475. The monoisotopic (exact) mass is 484 g/mol. The molecule has 1 aromatic heterocycles. The van der Waals surface area contributed by atoms with Crippen molar-refractivity contribution in [3.8, 4) is 16.9 Å². The first-order chi connectivity index (χ1) is 14.5. The SMILES string of the molecule is COc1c(/C(C)=C/C(=O)NC2=NCCS2)cc2c(-c3cccc(Br)c3)coc2c1C. The molecule has 154 valence electrons. The van der Waals surface area contributed by atoms with Gasteiger partial charge in [0, 0.05) is 38.4 Å². The average Bonchev–Trinajstić information content (AvgIpc) is 3.37. The maximum Gasteiger partial charge on any atom is 0.250 e. The Balaban J connectivity index is 1.79. The van der Waals surface area contributed by atoms with Crippen LogP contribution in [-0.4, -0.2) is 30.5 Å². The predicted molar refractivity (Wildman–Crippen MR) is 127 cm³/mol. The van der Waals surface area contributed by atoms with Gasteiger partial charge in [0.05, 0.1) is 19.9 Å².